The Morgan fingerprint density at radius 3 is 2.49 bits per heavy atom. The number of phenolic OH excluding ortho intramolecular Hbond substituents is 1. The third-order valence-electron chi connectivity index (χ3n) is 25.6. The van der Waals surface area contributed by atoms with Gasteiger partial charge in [0.15, 0.2) is 23.6 Å². The summed E-state index contributed by atoms with van der Waals surface area (Å²) in [5, 5.41) is 85.1. The van der Waals surface area contributed by atoms with Crippen LogP contribution in [0.25, 0.3) is 10.8 Å². The molecule has 1 aromatic heterocycles. The van der Waals surface area contributed by atoms with Crippen molar-refractivity contribution in [2.24, 2.45) is 69.8 Å². The van der Waals surface area contributed by atoms with E-state index in [1.807, 2.05) is 18.2 Å². The standard InChI is InChI=1S/C75H91N5O9/c1-73-23-8-12-48(73)11-7-13-53-66-49(17-19-63(87)88)64(52(39-79-73)67-69(66)68-54(80-53)36-58(84)71-70(68)65-47(38-78-72(65)67)37-74(71)24-5-6-25-74)46-21-27-75(61(86)32-46)26-20-44(51-35-57(83)59(89-2)31-43(51)16-18-60(75)85)30-55(81)56(82)34-50(45-22-28-77-62(76)33-45)42-15-14-40-9-3-4-10-41(40)29-42/h3-4,9-10,14-15,22,29,31,33,35,38,44,46,48-50,52-56,61,63-64,66-71,77-83,86-88H,5-6,8,12-13,16-19,21,23-25,27-28,30,32,34,36-37,39,76H2,1-2H3/t44-,46-,48+,49-,50+,52-,53+,54+,55+,56-,61-,64+,66+,67-,68+,69-,70+,71+,73-,75+/m1/s1. The molecular formula is C75H91N5O9. The van der Waals surface area contributed by atoms with Gasteiger partial charge in [0.05, 0.1) is 31.2 Å². The number of carbonyl (C=O) groups excluding carboxylic acids is 2. The Hall–Kier alpha value is -5.94. The zero-order valence-corrected chi connectivity index (χ0v) is 51.7. The number of piperidine rings is 1. The molecule has 3 aliphatic heterocycles. The molecular weight excluding hydrogens is 1110 g/mol. The van der Waals surface area contributed by atoms with Gasteiger partial charge in [0.25, 0.3) is 0 Å². The number of nitrogens with one attached hydrogen (secondary N) is 4. The van der Waals surface area contributed by atoms with E-state index < -0.39 is 35.9 Å². The summed E-state index contributed by atoms with van der Waals surface area (Å²) in [6, 6.07) is 17.8. The number of rotatable bonds is 12. The molecule has 14 nitrogen and oxygen atoms in total. The van der Waals surface area contributed by atoms with Gasteiger partial charge in [-0.05, 0) is 206 Å². The molecule has 2 spiro atoms. The molecule has 12 N–H and O–H groups in total. The predicted molar refractivity (Wildman–Crippen MR) is 340 cm³/mol. The summed E-state index contributed by atoms with van der Waals surface area (Å²) in [5.41, 5.74) is 12.1. The molecule has 0 radical (unpaired) electrons. The first-order valence-electron chi connectivity index (χ1n) is 34.0. The summed E-state index contributed by atoms with van der Waals surface area (Å²) >= 11 is 0. The number of aryl methyl sites for hydroxylation is 1. The highest BCUT2D eigenvalue weighted by atomic mass is 16.5. The van der Waals surface area contributed by atoms with Gasteiger partial charge in [0.2, 0.25) is 0 Å². The number of ketones is 2. The van der Waals surface area contributed by atoms with Crippen molar-refractivity contribution in [1.29, 1.82) is 0 Å². The maximum atomic E-state index is 15.4. The van der Waals surface area contributed by atoms with Crippen molar-refractivity contribution in [2.75, 3.05) is 20.2 Å². The van der Waals surface area contributed by atoms with Crippen LogP contribution in [-0.2, 0) is 22.4 Å². The Bertz CT molecular complexity index is 3630. The van der Waals surface area contributed by atoms with E-state index in [0.29, 0.717) is 62.2 Å². The average Bonchev–Trinajstić information content (AvgIpc) is 1.67. The molecule has 20 atom stereocenters. The monoisotopic (exact) mass is 1210 g/mol. The molecule has 14 heteroatoms. The fourth-order valence-electron chi connectivity index (χ4n) is 21.8. The topological polar surface area (TPSA) is 243 Å². The quantitative estimate of drug-likeness (QED) is 0.0471. The van der Waals surface area contributed by atoms with E-state index >= 15 is 9.59 Å². The van der Waals surface area contributed by atoms with Crippen LogP contribution in [0.5, 0.6) is 11.5 Å². The van der Waals surface area contributed by atoms with Crippen LogP contribution in [0.3, 0.4) is 0 Å². The van der Waals surface area contributed by atoms with Crippen molar-refractivity contribution in [3.05, 3.63) is 118 Å². The van der Waals surface area contributed by atoms with Crippen LogP contribution in [0.1, 0.15) is 173 Å². The third-order valence-corrected chi connectivity index (χ3v) is 25.6. The minimum Gasteiger partial charge on any atom is -0.504 e. The molecule has 89 heavy (non-hydrogen) atoms. The molecule has 15 rings (SSSR count). The third kappa shape index (κ3) is 9.94. The highest BCUT2D eigenvalue weighted by Gasteiger charge is 2.70. The molecule has 0 unspecified atom stereocenters. The van der Waals surface area contributed by atoms with Crippen molar-refractivity contribution in [1.82, 2.24) is 20.9 Å². The number of aliphatic hydroxyl groups excluding tert-OH is 4. The maximum Gasteiger partial charge on any atom is 0.160 e. The van der Waals surface area contributed by atoms with Crippen LogP contribution in [0.15, 0.2) is 84.3 Å². The number of aromatic nitrogens is 1. The number of Topliss-reactive ketones (excluding diaryl/α,β-unsaturated/α-hetero) is 2. The second kappa shape index (κ2) is 23.0. The molecule has 11 aliphatic rings. The lowest BCUT2D eigenvalue weighted by molar-refractivity contribution is -0.158. The van der Waals surface area contributed by atoms with Gasteiger partial charge >= 0.3 is 0 Å². The smallest absolute Gasteiger partial charge is 0.160 e. The number of hydrogen-bond donors (Lipinski definition) is 11. The molecule has 6 fully saturated rings. The van der Waals surface area contributed by atoms with Crippen molar-refractivity contribution in [3.63, 3.8) is 0 Å². The van der Waals surface area contributed by atoms with Crippen LogP contribution in [0.4, 0.5) is 0 Å². The van der Waals surface area contributed by atoms with Crippen LogP contribution < -0.4 is 26.4 Å². The summed E-state index contributed by atoms with van der Waals surface area (Å²) < 4.78 is 5.64. The number of carbonyl (C=O) groups is 2. The number of aromatic hydroxyl groups is 1. The number of phenols is 1. The molecule has 470 valence electrons. The molecule has 5 saturated carbocycles. The Morgan fingerprint density at radius 2 is 1.70 bits per heavy atom. The van der Waals surface area contributed by atoms with Gasteiger partial charge in [-0.2, -0.15) is 0 Å². The maximum absolute atomic E-state index is 15.4. The molecule has 8 aliphatic carbocycles. The molecule has 4 heterocycles. The van der Waals surface area contributed by atoms with E-state index in [9.17, 15) is 30.6 Å². The SMILES string of the molecule is COc1cc2c(cc1O)[C@@H](C[C@H](O)[C@H](O)C[C@H](C1=CCNC(N)=C1)c1ccc3ccccc3c1)C#C[C@]1(CC[C@@H]([C@H]3[C@@H](CCC(O)O)[C@@H]4[C@@H]5[C@@H]6c7[nH]cc8c7[C@H]7[C@H]5[C@H](CC(=O)[C@@H]7C5(CCCC5)C8)N[C@H]4CC#C[C@H]4CCC[C@@]4(C)NC[C@@H]63)C[C@H]1O)C(=O)CC2. The van der Waals surface area contributed by atoms with E-state index in [-0.39, 0.29) is 143 Å². The second-order valence-electron chi connectivity index (χ2n) is 29.9. The number of hydrogen-bond acceptors (Lipinski definition) is 13. The van der Waals surface area contributed by atoms with E-state index in [2.05, 4.69) is 94.1 Å². The Kier molecular flexibility index (Phi) is 15.4. The zero-order chi connectivity index (χ0) is 61.3. The van der Waals surface area contributed by atoms with Gasteiger partial charge in [0, 0.05) is 90.8 Å². The van der Waals surface area contributed by atoms with Gasteiger partial charge in [-0.15, -0.1) is 5.92 Å². The van der Waals surface area contributed by atoms with Gasteiger partial charge in [-0.3, -0.25) is 9.59 Å². The van der Waals surface area contributed by atoms with Crippen molar-refractivity contribution < 1.29 is 45.0 Å². The molecule has 1 saturated heterocycles. The van der Waals surface area contributed by atoms with E-state index in [0.717, 1.165) is 72.5 Å². The normalized spacial score (nSPS) is 37.3. The number of benzene rings is 3. The van der Waals surface area contributed by atoms with Crippen LogP contribution in [0, 0.1) is 87.8 Å². The number of allylic oxidation sites excluding steroid dienone is 2. The molecule has 0 amide bonds. The fourth-order valence-corrected chi connectivity index (χ4v) is 21.8. The Labute approximate surface area is 523 Å². The fraction of sp³-hybridized carbons (Fsp3) is 0.600. The Balaban J connectivity index is 0.793. The number of ether oxygens (including phenoxy) is 1. The number of nitrogens with two attached hydrogens (primary N) is 1. The highest BCUT2D eigenvalue weighted by Crippen LogP contribution is 2.72. The number of methoxy groups -OCH3 is 1. The van der Waals surface area contributed by atoms with E-state index in [4.69, 9.17) is 10.5 Å². The average molecular weight is 1210 g/mol. The van der Waals surface area contributed by atoms with Gasteiger partial charge < -0.3 is 62.0 Å². The summed E-state index contributed by atoms with van der Waals surface area (Å²) in [6.07, 6.45) is 13.5. The summed E-state index contributed by atoms with van der Waals surface area (Å²) in [4.78, 5) is 34.5. The Morgan fingerprint density at radius 1 is 0.865 bits per heavy atom. The van der Waals surface area contributed by atoms with Gasteiger partial charge in [-0.1, -0.05) is 85.6 Å². The van der Waals surface area contributed by atoms with Crippen LogP contribution in [0.2, 0.25) is 0 Å². The summed E-state index contributed by atoms with van der Waals surface area (Å²) in [5.74, 6) is 15.5. The predicted octanol–water partition coefficient (Wildman–Crippen LogP) is 8.53. The first kappa shape index (κ1) is 59.4. The molecule has 4 aromatic rings. The van der Waals surface area contributed by atoms with E-state index in [1.54, 1.807) is 12.1 Å². The van der Waals surface area contributed by atoms with Crippen molar-refractivity contribution >= 4 is 22.3 Å². The zero-order valence-electron chi connectivity index (χ0n) is 51.7. The molecule has 2 bridgehead atoms. The van der Waals surface area contributed by atoms with Crippen molar-refractivity contribution in [3.8, 4) is 35.2 Å². The van der Waals surface area contributed by atoms with Crippen LogP contribution >= 0.6 is 0 Å². The summed E-state index contributed by atoms with van der Waals surface area (Å²) in [7, 11) is 1.49. The highest BCUT2D eigenvalue weighted by molar-refractivity contribution is 5.89. The minimum atomic E-state index is -1.49. The summed E-state index contributed by atoms with van der Waals surface area (Å²) in [6.45, 7) is 3.63. The van der Waals surface area contributed by atoms with Gasteiger partial charge in [-0.25, -0.2) is 0 Å². The molecule has 3 aromatic carbocycles. The number of H-pyrrole nitrogens is 1. The largest absolute Gasteiger partial charge is 0.504 e. The lowest BCUT2D eigenvalue weighted by Gasteiger charge is -2.68. The first-order chi connectivity index (χ1) is 43.0. The first-order valence-corrected chi connectivity index (χ1v) is 34.0. The number of aliphatic hydroxyl groups is 5. The second-order valence-corrected chi connectivity index (χ2v) is 29.9. The van der Waals surface area contributed by atoms with Crippen LogP contribution in [-0.4, -0.2) is 110 Å². The number of aromatic amines is 1. The lowest BCUT2D eigenvalue weighted by Crippen LogP contribution is -2.71. The number of dihydropyridines is 1. The lowest BCUT2D eigenvalue weighted by atomic mass is 9.38. The van der Waals surface area contributed by atoms with E-state index in [1.165, 1.54) is 36.8 Å². The minimum absolute atomic E-state index is 0.00437. The number of fused-ring (bicyclic) bond motifs is 8. The van der Waals surface area contributed by atoms with Crippen molar-refractivity contribution in [2.45, 2.75) is 195 Å². The van der Waals surface area contributed by atoms with Gasteiger partial charge in [0.1, 0.15) is 11.2 Å².